The van der Waals surface area contributed by atoms with E-state index in [0.29, 0.717) is 30.4 Å². The molecule has 1 saturated heterocycles. The summed E-state index contributed by atoms with van der Waals surface area (Å²) in [5.41, 5.74) is 0.694. The van der Waals surface area contributed by atoms with Gasteiger partial charge in [-0.2, -0.15) is 0 Å². The number of fused-ring (bicyclic) bond motifs is 1. The van der Waals surface area contributed by atoms with Gasteiger partial charge in [0.25, 0.3) is 5.91 Å². The van der Waals surface area contributed by atoms with Crippen LogP contribution in [0.1, 0.15) is 29.0 Å². The van der Waals surface area contributed by atoms with Crippen LogP contribution in [0.25, 0.3) is 11.0 Å². The lowest BCUT2D eigenvalue weighted by molar-refractivity contribution is -0.141. The molecule has 0 unspecified atom stereocenters. The number of carboxylic acid groups (broad SMARTS) is 1. The summed E-state index contributed by atoms with van der Waals surface area (Å²) in [6, 6.07) is 5.89. The molecule has 7 nitrogen and oxygen atoms in total. The lowest BCUT2D eigenvalue weighted by atomic mass is 10.1. The Bertz CT molecular complexity index is 914. The number of carbonyl (C=O) groups is 2. The highest BCUT2D eigenvalue weighted by Crippen LogP contribution is 2.30. The molecule has 24 heavy (non-hydrogen) atoms. The molecule has 1 amide bonds. The van der Waals surface area contributed by atoms with Crippen LogP contribution < -0.4 is 0 Å². The lowest BCUT2D eigenvalue weighted by Crippen LogP contribution is -2.40. The van der Waals surface area contributed by atoms with Gasteiger partial charge in [0.05, 0.1) is 5.75 Å². The number of likely N-dealkylation sites (tertiary alicyclic amines) is 1. The van der Waals surface area contributed by atoms with Crippen LogP contribution in [0, 0.1) is 0 Å². The molecule has 1 aromatic heterocycles. The number of carbonyl (C=O) groups excluding carboxylic acids is 1. The number of carboxylic acids is 1. The number of benzene rings is 1. The quantitative estimate of drug-likeness (QED) is 0.898. The van der Waals surface area contributed by atoms with Gasteiger partial charge >= 0.3 is 5.97 Å². The molecule has 1 aromatic carbocycles. The largest absolute Gasteiger partial charge is 0.480 e. The molecule has 0 radical (unpaired) electrons. The zero-order valence-electron chi connectivity index (χ0n) is 13.1. The maximum absolute atomic E-state index is 12.8. The highest BCUT2D eigenvalue weighted by atomic mass is 32.2. The summed E-state index contributed by atoms with van der Waals surface area (Å²) >= 11 is 0. The highest BCUT2D eigenvalue weighted by Gasteiger charge is 2.37. The first-order chi connectivity index (χ1) is 11.3. The molecule has 8 heteroatoms. The van der Waals surface area contributed by atoms with Crippen LogP contribution in [0.4, 0.5) is 0 Å². The van der Waals surface area contributed by atoms with Crippen molar-refractivity contribution in [3.8, 4) is 0 Å². The number of sulfone groups is 1. The van der Waals surface area contributed by atoms with Gasteiger partial charge < -0.3 is 14.4 Å². The third kappa shape index (κ3) is 3.01. The van der Waals surface area contributed by atoms with E-state index in [1.807, 2.05) is 0 Å². The van der Waals surface area contributed by atoms with Gasteiger partial charge in [-0.3, -0.25) is 4.79 Å². The summed E-state index contributed by atoms with van der Waals surface area (Å²) in [5.74, 6) is -2.07. The Balaban J connectivity index is 2.09. The van der Waals surface area contributed by atoms with Gasteiger partial charge in [0.1, 0.15) is 11.6 Å². The average molecular weight is 351 g/mol. The number of nitrogens with zero attached hydrogens (tertiary/aromatic N) is 1. The monoisotopic (exact) mass is 351 g/mol. The van der Waals surface area contributed by atoms with Crippen LogP contribution in [0.3, 0.4) is 0 Å². The van der Waals surface area contributed by atoms with Crippen molar-refractivity contribution in [1.29, 1.82) is 0 Å². The Morgan fingerprint density at radius 2 is 2.04 bits per heavy atom. The van der Waals surface area contributed by atoms with Crippen molar-refractivity contribution >= 4 is 32.7 Å². The molecular weight excluding hydrogens is 334 g/mol. The summed E-state index contributed by atoms with van der Waals surface area (Å²) in [6.45, 7) is 0.311. The van der Waals surface area contributed by atoms with Crippen molar-refractivity contribution in [2.75, 3.05) is 12.8 Å². The van der Waals surface area contributed by atoms with E-state index in [9.17, 15) is 23.1 Å². The fourth-order valence-electron chi connectivity index (χ4n) is 3.07. The molecule has 1 atom stereocenters. The highest BCUT2D eigenvalue weighted by molar-refractivity contribution is 7.89. The summed E-state index contributed by atoms with van der Waals surface area (Å²) in [4.78, 5) is 25.4. The number of para-hydroxylation sites is 1. The normalized spacial score (nSPS) is 18.2. The van der Waals surface area contributed by atoms with E-state index in [4.69, 9.17) is 4.42 Å². The smallest absolute Gasteiger partial charge is 0.326 e. The summed E-state index contributed by atoms with van der Waals surface area (Å²) in [7, 11) is -3.40. The third-order valence-corrected chi connectivity index (χ3v) is 4.91. The van der Waals surface area contributed by atoms with Gasteiger partial charge in [0, 0.05) is 23.8 Å². The number of furan rings is 1. The first-order valence-electron chi connectivity index (χ1n) is 7.50. The first kappa shape index (κ1) is 16.5. The molecule has 1 aliphatic heterocycles. The Labute approximate surface area is 138 Å². The third-order valence-electron chi connectivity index (χ3n) is 4.10. The fraction of sp³-hybridized carbons (Fsp3) is 0.375. The van der Waals surface area contributed by atoms with Gasteiger partial charge in [0.2, 0.25) is 0 Å². The number of amides is 1. The van der Waals surface area contributed by atoms with Crippen LogP contribution in [0.2, 0.25) is 0 Å². The van der Waals surface area contributed by atoms with Crippen LogP contribution >= 0.6 is 0 Å². The van der Waals surface area contributed by atoms with Crippen LogP contribution in [-0.2, 0) is 20.4 Å². The number of aliphatic carboxylic acids is 1. The molecule has 128 valence electrons. The van der Waals surface area contributed by atoms with E-state index >= 15 is 0 Å². The van der Waals surface area contributed by atoms with E-state index in [0.717, 1.165) is 6.26 Å². The van der Waals surface area contributed by atoms with Crippen LogP contribution in [-0.4, -0.2) is 49.1 Å². The predicted molar refractivity (Wildman–Crippen MR) is 86.5 cm³/mol. The molecule has 2 aromatic rings. The molecule has 1 aliphatic rings. The van der Waals surface area contributed by atoms with E-state index in [1.54, 1.807) is 24.3 Å². The second kappa shape index (κ2) is 5.94. The standard InChI is InChI=1S/C16H17NO6S/c1-24(21,22)9-11-10-5-2-3-7-13(10)23-14(11)15(18)17-8-4-6-12(17)16(19)20/h2-3,5,7,12H,4,6,8-9H2,1H3,(H,19,20)/t12-/m1/s1. The van der Waals surface area contributed by atoms with Gasteiger partial charge in [-0.1, -0.05) is 18.2 Å². The lowest BCUT2D eigenvalue weighted by Gasteiger charge is -2.20. The van der Waals surface area contributed by atoms with Crippen molar-refractivity contribution in [2.45, 2.75) is 24.6 Å². The molecule has 0 aliphatic carbocycles. The molecule has 3 rings (SSSR count). The second-order valence-corrected chi connectivity index (χ2v) is 8.11. The Hall–Kier alpha value is -2.35. The minimum absolute atomic E-state index is 0.0882. The summed E-state index contributed by atoms with van der Waals surface area (Å²) in [5, 5.41) is 9.81. The maximum atomic E-state index is 12.8. The van der Waals surface area contributed by atoms with E-state index in [-0.39, 0.29) is 17.1 Å². The summed E-state index contributed by atoms with van der Waals surface area (Å²) < 4.78 is 29.1. The molecule has 1 fully saturated rings. The fourth-order valence-corrected chi connectivity index (χ4v) is 3.88. The van der Waals surface area contributed by atoms with Crippen molar-refractivity contribution in [1.82, 2.24) is 4.90 Å². The average Bonchev–Trinajstić information content (AvgIpc) is 3.11. The summed E-state index contributed by atoms with van der Waals surface area (Å²) in [6.07, 6.45) is 2.05. The molecule has 0 spiro atoms. The van der Waals surface area contributed by atoms with E-state index in [2.05, 4.69) is 0 Å². The number of hydrogen-bond acceptors (Lipinski definition) is 5. The molecule has 2 heterocycles. The SMILES string of the molecule is CS(=O)(=O)Cc1c(C(=O)N2CCC[C@@H]2C(=O)O)oc2ccccc12. The molecule has 1 N–H and O–H groups in total. The Kier molecular flexibility index (Phi) is 4.08. The van der Waals surface area contributed by atoms with Crippen molar-refractivity contribution in [3.63, 3.8) is 0 Å². The van der Waals surface area contributed by atoms with Crippen molar-refractivity contribution in [3.05, 3.63) is 35.6 Å². The molecule has 0 bridgehead atoms. The van der Waals surface area contributed by atoms with Gasteiger partial charge in [-0.25, -0.2) is 13.2 Å². The second-order valence-electron chi connectivity index (χ2n) is 5.97. The van der Waals surface area contributed by atoms with Crippen molar-refractivity contribution < 1.29 is 27.5 Å². The zero-order valence-corrected chi connectivity index (χ0v) is 13.9. The van der Waals surface area contributed by atoms with Crippen LogP contribution in [0.5, 0.6) is 0 Å². The molecule has 0 saturated carbocycles. The van der Waals surface area contributed by atoms with E-state index < -0.39 is 27.8 Å². The predicted octanol–water partition coefficient (Wildman–Crippen LogP) is 1.67. The van der Waals surface area contributed by atoms with Crippen molar-refractivity contribution in [2.24, 2.45) is 0 Å². The van der Waals surface area contributed by atoms with E-state index in [1.165, 1.54) is 4.90 Å². The minimum Gasteiger partial charge on any atom is -0.480 e. The number of rotatable bonds is 4. The van der Waals surface area contributed by atoms with Gasteiger partial charge in [0.15, 0.2) is 15.6 Å². The van der Waals surface area contributed by atoms with Gasteiger partial charge in [-0.05, 0) is 18.9 Å². The maximum Gasteiger partial charge on any atom is 0.326 e. The van der Waals surface area contributed by atoms with Gasteiger partial charge in [-0.15, -0.1) is 0 Å². The van der Waals surface area contributed by atoms with Crippen LogP contribution in [0.15, 0.2) is 28.7 Å². The Morgan fingerprint density at radius 3 is 2.71 bits per heavy atom. The first-order valence-corrected chi connectivity index (χ1v) is 9.56. The Morgan fingerprint density at radius 1 is 1.33 bits per heavy atom. The topological polar surface area (TPSA) is 105 Å². The number of hydrogen-bond donors (Lipinski definition) is 1. The molecular formula is C16H17NO6S. The minimum atomic E-state index is -3.40. The zero-order chi connectivity index (χ0) is 17.5.